The molecule has 1 amide bonds. The van der Waals surface area contributed by atoms with Gasteiger partial charge in [0, 0.05) is 28.4 Å². The summed E-state index contributed by atoms with van der Waals surface area (Å²) in [6.45, 7) is 2.25. The maximum atomic E-state index is 12.8. The fourth-order valence-electron chi connectivity index (χ4n) is 4.09. The maximum absolute atomic E-state index is 12.8. The average molecular weight is 490 g/mol. The molecule has 0 aliphatic heterocycles. The van der Waals surface area contributed by atoms with Crippen molar-refractivity contribution in [3.8, 4) is 0 Å². The number of fused-ring (bicyclic) bond motifs is 1. The molecule has 2 aromatic carbocycles. The molecule has 35 heavy (non-hydrogen) atoms. The number of hydrogen-bond donors (Lipinski definition) is 2. The van der Waals surface area contributed by atoms with Gasteiger partial charge < -0.3 is 19.8 Å². The lowest BCUT2D eigenvalue weighted by Crippen LogP contribution is -2.30. The predicted octanol–water partition coefficient (Wildman–Crippen LogP) is 5.89. The first kappa shape index (κ1) is 23.1. The highest BCUT2D eigenvalue weighted by Crippen LogP contribution is 2.45. The van der Waals surface area contributed by atoms with Crippen molar-refractivity contribution in [3.05, 3.63) is 87.5 Å². The van der Waals surface area contributed by atoms with Crippen LogP contribution in [0.2, 0.25) is 0 Å². The lowest BCUT2D eigenvalue weighted by atomic mass is 10.1. The third-order valence-electron chi connectivity index (χ3n) is 5.99. The zero-order valence-corrected chi connectivity index (χ0v) is 20.3. The van der Waals surface area contributed by atoms with Crippen molar-refractivity contribution in [1.29, 1.82) is 0 Å². The number of para-hydroxylation sites is 1. The lowest BCUT2D eigenvalue weighted by molar-refractivity contribution is 0.0519. The summed E-state index contributed by atoms with van der Waals surface area (Å²) in [5.41, 5.74) is 3.36. The van der Waals surface area contributed by atoms with Crippen LogP contribution in [0.4, 0.5) is 4.79 Å². The number of aromatic amines is 1. The van der Waals surface area contributed by atoms with E-state index in [-0.39, 0.29) is 6.61 Å². The first-order chi connectivity index (χ1) is 17.1. The lowest BCUT2D eigenvalue weighted by Gasteiger charge is -2.16. The summed E-state index contributed by atoms with van der Waals surface area (Å²) in [4.78, 5) is 34.3. The molecule has 0 spiro atoms. The van der Waals surface area contributed by atoms with Crippen molar-refractivity contribution in [2.45, 2.75) is 44.8 Å². The van der Waals surface area contributed by atoms with Crippen molar-refractivity contribution < 1.29 is 19.1 Å². The summed E-state index contributed by atoms with van der Waals surface area (Å²) in [7, 11) is 0. The van der Waals surface area contributed by atoms with E-state index in [1.165, 1.54) is 11.3 Å². The molecule has 0 radical (unpaired) electrons. The average Bonchev–Trinajstić information content (AvgIpc) is 3.50. The number of thiazole rings is 1. The number of hydrogen-bond acceptors (Lipinski definition) is 6. The normalized spacial score (nSPS) is 14.0. The van der Waals surface area contributed by atoms with Crippen molar-refractivity contribution in [2.75, 3.05) is 6.61 Å². The number of carbonyl (C=O) groups is 2. The molecule has 1 atom stereocenters. The van der Waals surface area contributed by atoms with Crippen LogP contribution in [0, 0.1) is 0 Å². The van der Waals surface area contributed by atoms with Crippen molar-refractivity contribution in [3.63, 3.8) is 0 Å². The van der Waals surface area contributed by atoms with Gasteiger partial charge in [0.15, 0.2) is 5.69 Å². The molecule has 1 saturated carbocycles. The Morgan fingerprint density at radius 1 is 1.11 bits per heavy atom. The van der Waals surface area contributed by atoms with E-state index < -0.39 is 18.1 Å². The molecule has 1 fully saturated rings. The highest BCUT2D eigenvalue weighted by Gasteiger charge is 2.34. The second-order valence-corrected chi connectivity index (χ2v) is 9.64. The van der Waals surface area contributed by atoms with Gasteiger partial charge in [0.05, 0.1) is 12.6 Å². The molecular formula is C27H27N3O4S. The Morgan fingerprint density at radius 3 is 2.66 bits per heavy atom. The van der Waals surface area contributed by atoms with Crippen LogP contribution in [-0.4, -0.2) is 28.6 Å². The van der Waals surface area contributed by atoms with Crippen LogP contribution in [-0.2, 0) is 22.5 Å². The number of ether oxygens (including phenoxy) is 2. The predicted molar refractivity (Wildman–Crippen MR) is 135 cm³/mol. The number of rotatable bonds is 9. The fraction of sp³-hybridized carbons (Fsp3) is 0.296. The summed E-state index contributed by atoms with van der Waals surface area (Å²) in [6.07, 6.45) is 4.00. The minimum Gasteiger partial charge on any atom is -0.461 e. The summed E-state index contributed by atoms with van der Waals surface area (Å²) in [5.74, 6) is -0.0752. The number of nitrogens with zero attached hydrogens (tertiary/aromatic N) is 1. The number of H-pyrrole nitrogens is 1. The van der Waals surface area contributed by atoms with Gasteiger partial charge in [-0.2, -0.15) is 0 Å². The van der Waals surface area contributed by atoms with E-state index >= 15 is 0 Å². The third kappa shape index (κ3) is 5.38. The minimum atomic E-state index is -0.528. The van der Waals surface area contributed by atoms with Gasteiger partial charge in [0.2, 0.25) is 0 Å². The van der Waals surface area contributed by atoms with Crippen molar-refractivity contribution >= 4 is 34.3 Å². The zero-order valence-electron chi connectivity index (χ0n) is 19.5. The second-order valence-electron chi connectivity index (χ2n) is 8.58. The van der Waals surface area contributed by atoms with E-state index in [0.29, 0.717) is 29.6 Å². The molecule has 4 aromatic rings. The first-order valence-corrected chi connectivity index (χ1v) is 12.6. The van der Waals surface area contributed by atoms with Gasteiger partial charge in [0.25, 0.3) is 0 Å². The summed E-state index contributed by atoms with van der Waals surface area (Å²) >= 11 is 1.48. The Kier molecular flexibility index (Phi) is 6.81. The van der Waals surface area contributed by atoms with Gasteiger partial charge in [-0.25, -0.2) is 14.6 Å². The SMILES string of the molecule is CCOC(=O)c1nc([C@@H](Cc2c[nH]c3ccccc23)NC(=O)OCc2ccccc2)sc1C1CC1. The molecular weight excluding hydrogens is 462 g/mol. The van der Waals surface area contributed by atoms with Gasteiger partial charge in [-0.05, 0) is 42.9 Å². The van der Waals surface area contributed by atoms with E-state index in [9.17, 15) is 9.59 Å². The number of alkyl carbamates (subject to hydrolysis) is 1. The minimum absolute atomic E-state index is 0.172. The molecule has 7 nitrogen and oxygen atoms in total. The molecule has 0 unspecified atom stereocenters. The van der Waals surface area contributed by atoms with Crippen LogP contribution in [0.5, 0.6) is 0 Å². The van der Waals surface area contributed by atoms with E-state index in [4.69, 9.17) is 9.47 Å². The maximum Gasteiger partial charge on any atom is 0.408 e. The Bertz CT molecular complexity index is 1330. The van der Waals surface area contributed by atoms with E-state index in [1.54, 1.807) is 6.92 Å². The van der Waals surface area contributed by atoms with Crippen LogP contribution in [0.3, 0.4) is 0 Å². The van der Waals surface area contributed by atoms with E-state index in [1.807, 2.05) is 60.8 Å². The number of aromatic nitrogens is 2. The van der Waals surface area contributed by atoms with Crippen LogP contribution >= 0.6 is 11.3 Å². The molecule has 1 aliphatic carbocycles. The zero-order chi connectivity index (χ0) is 24.2. The summed E-state index contributed by atoms with van der Waals surface area (Å²) < 4.78 is 10.8. The Hall–Kier alpha value is -3.65. The molecule has 2 aromatic heterocycles. The monoisotopic (exact) mass is 489 g/mol. The number of amides is 1. The summed E-state index contributed by atoms with van der Waals surface area (Å²) in [6, 6.07) is 17.1. The molecule has 5 rings (SSSR count). The highest BCUT2D eigenvalue weighted by atomic mass is 32.1. The molecule has 0 bridgehead atoms. The van der Waals surface area contributed by atoms with Gasteiger partial charge in [-0.15, -0.1) is 11.3 Å². The first-order valence-electron chi connectivity index (χ1n) is 11.8. The Balaban J connectivity index is 1.42. The second kappa shape index (κ2) is 10.3. The van der Waals surface area contributed by atoms with Crippen LogP contribution in [0.25, 0.3) is 10.9 Å². The largest absolute Gasteiger partial charge is 0.461 e. The van der Waals surface area contributed by atoms with Gasteiger partial charge in [0.1, 0.15) is 11.6 Å². The molecule has 2 heterocycles. The van der Waals surface area contributed by atoms with Gasteiger partial charge in [-0.1, -0.05) is 48.5 Å². The van der Waals surface area contributed by atoms with Gasteiger partial charge in [-0.3, -0.25) is 0 Å². The molecule has 0 saturated heterocycles. The van der Waals surface area contributed by atoms with Crippen LogP contribution in [0.1, 0.15) is 63.2 Å². The molecule has 2 N–H and O–H groups in total. The Labute approximate surface area is 207 Å². The van der Waals surface area contributed by atoms with Crippen LogP contribution < -0.4 is 5.32 Å². The number of benzene rings is 2. The van der Waals surface area contributed by atoms with Crippen molar-refractivity contribution in [1.82, 2.24) is 15.3 Å². The molecule has 8 heteroatoms. The topological polar surface area (TPSA) is 93.3 Å². The standard InChI is InChI=1S/C27H27N3O4S/c1-2-33-26(31)23-24(18-12-13-18)35-25(30-23)22(14-19-15-28-21-11-7-6-10-20(19)21)29-27(32)34-16-17-8-4-3-5-9-17/h3-11,15,18,22,28H,2,12-14,16H2,1H3,(H,29,32)/t22-/m1/s1. The number of nitrogens with one attached hydrogen (secondary N) is 2. The van der Waals surface area contributed by atoms with Gasteiger partial charge >= 0.3 is 12.1 Å². The molecule has 180 valence electrons. The van der Waals surface area contributed by atoms with E-state index in [0.717, 1.165) is 39.7 Å². The van der Waals surface area contributed by atoms with E-state index in [2.05, 4.69) is 15.3 Å². The molecule has 1 aliphatic rings. The smallest absolute Gasteiger partial charge is 0.408 e. The fourth-order valence-corrected chi connectivity index (χ4v) is 5.37. The summed E-state index contributed by atoms with van der Waals surface area (Å²) in [5, 5.41) is 4.76. The van der Waals surface area contributed by atoms with Crippen molar-refractivity contribution in [2.24, 2.45) is 0 Å². The Morgan fingerprint density at radius 2 is 1.89 bits per heavy atom. The number of carbonyl (C=O) groups excluding carboxylic acids is 2. The quantitative estimate of drug-likeness (QED) is 0.286. The van der Waals surface area contributed by atoms with Crippen LogP contribution in [0.15, 0.2) is 60.8 Å². The third-order valence-corrected chi connectivity index (χ3v) is 7.32. The number of esters is 1. The highest BCUT2D eigenvalue weighted by molar-refractivity contribution is 7.12.